The fraction of sp³-hybridized carbons (Fsp3) is 0.125. The van der Waals surface area contributed by atoms with Crippen molar-refractivity contribution in [3.63, 3.8) is 0 Å². The molecule has 1 N–H and O–H groups in total. The van der Waals surface area contributed by atoms with Gasteiger partial charge in [0.1, 0.15) is 0 Å². The number of carbonyl (C=O) groups is 1. The van der Waals surface area contributed by atoms with Crippen molar-refractivity contribution < 1.29 is 4.79 Å². The zero-order valence-corrected chi connectivity index (χ0v) is 5.79. The second-order valence-electron chi connectivity index (χ2n) is 1.95. The van der Waals surface area contributed by atoms with Gasteiger partial charge in [0.2, 0.25) is 0 Å². The van der Waals surface area contributed by atoms with Crippen molar-refractivity contribution in [2.75, 3.05) is 7.05 Å². The van der Waals surface area contributed by atoms with Crippen molar-refractivity contribution in [3.8, 4) is 0 Å². The molecule has 0 fully saturated rings. The molecule has 0 aliphatic heterocycles. The average Bonchev–Trinajstić information content (AvgIpc) is 2.05. The van der Waals surface area contributed by atoms with Crippen molar-refractivity contribution in [3.05, 3.63) is 35.9 Å². The molecule has 3 heteroatoms. The number of rotatable bonds is 1. The minimum absolute atomic E-state index is 0. The van der Waals surface area contributed by atoms with Gasteiger partial charge in [-0.2, -0.15) is 0 Å². The molecule has 1 aromatic carbocycles. The molecule has 0 radical (unpaired) electrons. The molecule has 0 unspecified atom stereocenters. The molecule has 54 valence electrons. The van der Waals surface area contributed by atoms with Gasteiger partial charge in [-0.1, -0.05) is 18.2 Å². The molecule has 0 aromatic heterocycles. The Morgan fingerprint density at radius 1 is 1.27 bits per heavy atom. The summed E-state index contributed by atoms with van der Waals surface area (Å²) in [4.78, 5) is 10.9. The van der Waals surface area contributed by atoms with Crippen LogP contribution in [0.4, 0.5) is 0 Å². The fourth-order valence-corrected chi connectivity index (χ4v) is 0.734. The van der Waals surface area contributed by atoms with E-state index in [0.29, 0.717) is 5.56 Å². The van der Waals surface area contributed by atoms with Crippen molar-refractivity contribution in [1.29, 1.82) is 0 Å². The normalized spacial score (nSPS) is 8.09. The zero-order chi connectivity index (χ0) is 7.40. The van der Waals surface area contributed by atoms with Gasteiger partial charge in [-0.05, 0) is 12.1 Å². The van der Waals surface area contributed by atoms with Gasteiger partial charge in [0.25, 0.3) is 5.91 Å². The molecule has 0 heterocycles. The Morgan fingerprint density at radius 3 is 2.27 bits per heavy atom. The first-order chi connectivity index (χ1) is 4.84. The first-order valence-electron chi connectivity index (χ1n) is 3.11. The first-order valence-corrected chi connectivity index (χ1v) is 3.11. The molecule has 1 aromatic rings. The number of hydrogen-bond acceptors (Lipinski definition) is 1. The van der Waals surface area contributed by atoms with Crippen LogP contribution in [0, 0.1) is 0 Å². The number of amides is 1. The van der Waals surface area contributed by atoms with E-state index in [0.717, 1.165) is 0 Å². The molecular formula is C8H10KNO. The van der Waals surface area contributed by atoms with E-state index in [1.807, 2.05) is 18.2 Å². The Kier molecular flexibility index (Phi) is 6.09. The summed E-state index contributed by atoms with van der Waals surface area (Å²) in [6.07, 6.45) is 0. The standard InChI is InChI=1S/C8H9NO.K.H/c1-9-8(10)7-5-3-2-4-6-7;;/h2-6H,1H3,(H,9,10);;. The van der Waals surface area contributed by atoms with Crippen LogP contribution in [0.25, 0.3) is 0 Å². The van der Waals surface area contributed by atoms with Crippen LogP contribution in [-0.2, 0) is 0 Å². The maximum absolute atomic E-state index is 10.9. The van der Waals surface area contributed by atoms with Crippen LogP contribution in [0.3, 0.4) is 0 Å². The number of nitrogens with one attached hydrogen (secondary N) is 1. The van der Waals surface area contributed by atoms with E-state index in [1.54, 1.807) is 19.2 Å². The van der Waals surface area contributed by atoms with Crippen molar-refractivity contribution in [2.45, 2.75) is 0 Å². The molecule has 0 spiro atoms. The predicted molar refractivity (Wildman–Crippen MR) is 47.0 cm³/mol. The van der Waals surface area contributed by atoms with E-state index in [4.69, 9.17) is 0 Å². The summed E-state index contributed by atoms with van der Waals surface area (Å²) in [5, 5.41) is 2.54. The van der Waals surface area contributed by atoms with Gasteiger partial charge in [0.15, 0.2) is 0 Å². The van der Waals surface area contributed by atoms with Crippen LogP contribution in [0.15, 0.2) is 30.3 Å². The molecule has 0 aliphatic rings. The summed E-state index contributed by atoms with van der Waals surface area (Å²) in [7, 11) is 1.62. The summed E-state index contributed by atoms with van der Waals surface area (Å²) in [6.45, 7) is 0. The van der Waals surface area contributed by atoms with Crippen molar-refractivity contribution in [2.24, 2.45) is 0 Å². The van der Waals surface area contributed by atoms with Gasteiger partial charge in [-0.15, -0.1) is 0 Å². The van der Waals surface area contributed by atoms with Gasteiger partial charge in [-0.3, -0.25) is 4.79 Å². The van der Waals surface area contributed by atoms with E-state index in [2.05, 4.69) is 5.32 Å². The maximum atomic E-state index is 10.9. The Hall–Kier alpha value is 0.326. The van der Waals surface area contributed by atoms with Gasteiger partial charge in [0.05, 0.1) is 0 Å². The molecule has 2 nitrogen and oxygen atoms in total. The van der Waals surface area contributed by atoms with Crippen LogP contribution in [0.2, 0.25) is 0 Å². The summed E-state index contributed by atoms with van der Waals surface area (Å²) in [6, 6.07) is 9.11. The molecule has 0 saturated carbocycles. The number of carbonyl (C=O) groups excluding carboxylic acids is 1. The third-order valence-corrected chi connectivity index (χ3v) is 1.26. The molecule has 0 atom stereocenters. The number of benzene rings is 1. The Morgan fingerprint density at radius 2 is 1.82 bits per heavy atom. The average molecular weight is 175 g/mol. The first kappa shape index (κ1) is 11.3. The summed E-state index contributed by atoms with van der Waals surface area (Å²) in [5.41, 5.74) is 0.699. The minimum atomic E-state index is -0.0411. The summed E-state index contributed by atoms with van der Waals surface area (Å²) < 4.78 is 0. The van der Waals surface area contributed by atoms with Gasteiger partial charge in [0, 0.05) is 12.6 Å². The van der Waals surface area contributed by atoms with E-state index in [-0.39, 0.29) is 57.3 Å². The monoisotopic (exact) mass is 175 g/mol. The third-order valence-electron chi connectivity index (χ3n) is 1.26. The van der Waals surface area contributed by atoms with Gasteiger partial charge < -0.3 is 5.32 Å². The van der Waals surface area contributed by atoms with E-state index in [1.165, 1.54) is 0 Å². The molecule has 1 amide bonds. The Balaban J connectivity index is 0.000001000. The van der Waals surface area contributed by atoms with Gasteiger partial charge in [-0.25, -0.2) is 0 Å². The Labute approximate surface area is 109 Å². The zero-order valence-electron chi connectivity index (χ0n) is 5.79. The topological polar surface area (TPSA) is 29.1 Å². The van der Waals surface area contributed by atoms with Gasteiger partial charge >= 0.3 is 51.4 Å². The summed E-state index contributed by atoms with van der Waals surface area (Å²) >= 11 is 0. The summed E-state index contributed by atoms with van der Waals surface area (Å²) in [5.74, 6) is -0.0411. The van der Waals surface area contributed by atoms with Crippen molar-refractivity contribution >= 4 is 57.3 Å². The Bertz CT molecular complexity index is 223. The number of hydrogen-bond donors (Lipinski definition) is 1. The van der Waals surface area contributed by atoms with Crippen LogP contribution >= 0.6 is 0 Å². The van der Waals surface area contributed by atoms with Crippen LogP contribution < -0.4 is 5.32 Å². The SMILES string of the molecule is CNC(=O)c1ccccc1.[KH]. The van der Waals surface area contributed by atoms with E-state index < -0.39 is 0 Å². The second-order valence-corrected chi connectivity index (χ2v) is 1.95. The molecule has 11 heavy (non-hydrogen) atoms. The van der Waals surface area contributed by atoms with Crippen molar-refractivity contribution in [1.82, 2.24) is 5.32 Å². The van der Waals surface area contributed by atoms with Crippen LogP contribution in [0.5, 0.6) is 0 Å². The third kappa shape index (κ3) is 3.49. The second kappa shape index (κ2) is 5.91. The quantitative estimate of drug-likeness (QED) is 0.615. The predicted octanol–water partition coefficient (Wildman–Crippen LogP) is 0.398. The van der Waals surface area contributed by atoms with Crippen LogP contribution in [0.1, 0.15) is 10.4 Å². The fourth-order valence-electron chi connectivity index (χ4n) is 0.734. The molecule has 0 aliphatic carbocycles. The van der Waals surface area contributed by atoms with E-state index in [9.17, 15) is 4.79 Å². The van der Waals surface area contributed by atoms with E-state index >= 15 is 0 Å². The van der Waals surface area contributed by atoms with Crippen LogP contribution in [-0.4, -0.2) is 64.3 Å². The molecular weight excluding hydrogens is 165 g/mol. The molecule has 0 saturated heterocycles. The molecule has 1 rings (SSSR count). The molecule has 0 bridgehead atoms.